The summed E-state index contributed by atoms with van der Waals surface area (Å²) >= 11 is 0. The molecule has 0 radical (unpaired) electrons. The first-order chi connectivity index (χ1) is 14.5. The Kier molecular flexibility index (Phi) is 5.48. The van der Waals surface area contributed by atoms with Crippen molar-refractivity contribution in [2.45, 2.75) is 51.7 Å². The Morgan fingerprint density at radius 3 is 2.80 bits per heavy atom. The number of nitrogens with zero attached hydrogens (tertiary/aromatic N) is 1. The Morgan fingerprint density at radius 1 is 1.30 bits per heavy atom. The summed E-state index contributed by atoms with van der Waals surface area (Å²) in [6.07, 6.45) is 5.97. The number of benzene rings is 1. The van der Waals surface area contributed by atoms with E-state index in [4.69, 9.17) is 13.9 Å². The van der Waals surface area contributed by atoms with Crippen LogP contribution in [0.4, 0.5) is 0 Å². The lowest BCUT2D eigenvalue weighted by atomic mass is 10.1. The summed E-state index contributed by atoms with van der Waals surface area (Å²) in [7, 11) is 1.60. The molecule has 4 rings (SSSR count). The summed E-state index contributed by atoms with van der Waals surface area (Å²) in [6, 6.07) is 5.32. The number of carbonyl (C=O) groups is 1. The summed E-state index contributed by atoms with van der Waals surface area (Å²) in [5.74, 6) is 1.28. The van der Waals surface area contributed by atoms with Crippen LogP contribution in [0.25, 0.3) is 11.1 Å². The Morgan fingerprint density at radius 2 is 2.07 bits per heavy atom. The molecule has 8 nitrogen and oxygen atoms in total. The highest BCUT2D eigenvalue weighted by atomic mass is 16.5. The molecule has 158 valence electrons. The molecule has 1 unspecified atom stereocenters. The van der Waals surface area contributed by atoms with Crippen LogP contribution in [0.15, 0.2) is 33.7 Å². The van der Waals surface area contributed by atoms with Gasteiger partial charge in [0.05, 0.1) is 31.1 Å². The van der Waals surface area contributed by atoms with Crippen LogP contribution in [0.5, 0.6) is 11.5 Å². The van der Waals surface area contributed by atoms with Gasteiger partial charge in [0.2, 0.25) is 5.71 Å². The van der Waals surface area contributed by atoms with Gasteiger partial charge in [0.1, 0.15) is 11.1 Å². The number of ether oxygens (including phenoxy) is 2. The highest BCUT2D eigenvalue weighted by Crippen LogP contribution is 2.34. The SMILES string of the molecule is COc1cc(C(C)NC(=O)c2c(C)oc3nc[nH]c(=O)c23)ccc1OC1CCCC1. The van der Waals surface area contributed by atoms with Gasteiger partial charge in [0.15, 0.2) is 11.5 Å². The number of amides is 1. The quantitative estimate of drug-likeness (QED) is 0.641. The van der Waals surface area contributed by atoms with Crippen molar-refractivity contribution in [2.75, 3.05) is 7.11 Å². The van der Waals surface area contributed by atoms with Gasteiger partial charge in [-0.25, -0.2) is 4.98 Å². The first-order valence-corrected chi connectivity index (χ1v) is 10.1. The second kappa shape index (κ2) is 8.22. The Hall–Kier alpha value is -3.29. The third kappa shape index (κ3) is 3.77. The lowest BCUT2D eigenvalue weighted by Crippen LogP contribution is -2.28. The van der Waals surface area contributed by atoms with Crippen molar-refractivity contribution >= 4 is 17.0 Å². The summed E-state index contributed by atoms with van der Waals surface area (Å²) in [5.41, 5.74) is 0.782. The molecule has 1 fully saturated rings. The fourth-order valence-electron chi connectivity index (χ4n) is 3.92. The summed E-state index contributed by atoms with van der Waals surface area (Å²) < 4.78 is 17.1. The van der Waals surface area contributed by atoms with E-state index >= 15 is 0 Å². The van der Waals surface area contributed by atoms with Crippen LogP contribution in [-0.4, -0.2) is 29.1 Å². The highest BCUT2D eigenvalue weighted by Gasteiger charge is 2.24. The molecule has 1 saturated carbocycles. The van der Waals surface area contributed by atoms with Crippen molar-refractivity contribution in [3.63, 3.8) is 0 Å². The second-order valence-electron chi connectivity index (χ2n) is 7.57. The van der Waals surface area contributed by atoms with Crippen LogP contribution < -0.4 is 20.3 Å². The van der Waals surface area contributed by atoms with E-state index in [0.717, 1.165) is 18.4 Å². The first-order valence-electron chi connectivity index (χ1n) is 10.1. The highest BCUT2D eigenvalue weighted by molar-refractivity contribution is 6.06. The minimum absolute atomic E-state index is 0.143. The summed E-state index contributed by atoms with van der Waals surface area (Å²) in [6.45, 7) is 3.50. The molecule has 2 N–H and O–H groups in total. The molecule has 1 aliphatic carbocycles. The predicted molar refractivity (Wildman–Crippen MR) is 111 cm³/mol. The number of nitrogens with one attached hydrogen (secondary N) is 2. The molecule has 1 amide bonds. The molecule has 2 heterocycles. The number of aryl methyl sites for hydroxylation is 1. The molecule has 0 spiro atoms. The maximum atomic E-state index is 12.9. The summed E-state index contributed by atoms with van der Waals surface area (Å²) in [4.78, 5) is 31.6. The first kappa shape index (κ1) is 20.0. The Labute approximate surface area is 173 Å². The van der Waals surface area contributed by atoms with Crippen molar-refractivity contribution in [3.05, 3.63) is 51.8 Å². The molecule has 1 aromatic carbocycles. The number of H-pyrrole nitrogens is 1. The number of hydrogen-bond acceptors (Lipinski definition) is 6. The fraction of sp³-hybridized carbons (Fsp3) is 0.409. The van der Waals surface area contributed by atoms with E-state index in [1.165, 1.54) is 19.2 Å². The lowest BCUT2D eigenvalue weighted by Gasteiger charge is -2.19. The number of furan rings is 1. The number of methoxy groups -OCH3 is 1. The van der Waals surface area contributed by atoms with Crippen molar-refractivity contribution in [2.24, 2.45) is 0 Å². The zero-order valence-corrected chi connectivity index (χ0v) is 17.3. The van der Waals surface area contributed by atoms with Gasteiger partial charge in [-0.3, -0.25) is 9.59 Å². The molecule has 0 aliphatic heterocycles. The molecular weight excluding hydrogens is 386 g/mol. The third-order valence-corrected chi connectivity index (χ3v) is 5.53. The predicted octanol–water partition coefficient (Wildman–Crippen LogP) is 3.65. The van der Waals surface area contributed by atoms with E-state index in [0.29, 0.717) is 17.3 Å². The van der Waals surface area contributed by atoms with Crippen LogP contribution in [0.1, 0.15) is 60.3 Å². The van der Waals surface area contributed by atoms with Crippen LogP contribution in [-0.2, 0) is 0 Å². The maximum absolute atomic E-state index is 12.9. The number of rotatable bonds is 6. The minimum atomic E-state index is -0.412. The monoisotopic (exact) mass is 411 g/mol. The molecule has 2 aromatic heterocycles. The van der Waals surface area contributed by atoms with E-state index in [-0.39, 0.29) is 28.8 Å². The van der Waals surface area contributed by atoms with E-state index < -0.39 is 11.5 Å². The van der Waals surface area contributed by atoms with Gasteiger partial charge < -0.3 is 24.2 Å². The van der Waals surface area contributed by atoms with E-state index in [9.17, 15) is 9.59 Å². The molecule has 8 heteroatoms. The average molecular weight is 411 g/mol. The van der Waals surface area contributed by atoms with Crippen LogP contribution in [0.2, 0.25) is 0 Å². The minimum Gasteiger partial charge on any atom is -0.493 e. The van der Waals surface area contributed by atoms with E-state index in [1.807, 2.05) is 25.1 Å². The number of fused-ring (bicyclic) bond motifs is 1. The largest absolute Gasteiger partial charge is 0.493 e. The van der Waals surface area contributed by atoms with E-state index in [2.05, 4.69) is 15.3 Å². The molecule has 0 bridgehead atoms. The zero-order valence-electron chi connectivity index (χ0n) is 17.3. The van der Waals surface area contributed by atoms with Gasteiger partial charge in [-0.1, -0.05) is 6.07 Å². The average Bonchev–Trinajstić information content (AvgIpc) is 3.35. The van der Waals surface area contributed by atoms with Crippen LogP contribution in [0, 0.1) is 6.92 Å². The number of hydrogen-bond donors (Lipinski definition) is 2. The Bertz CT molecular complexity index is 1130. The third-order valence-electron chi connectivity index (χ3n) is 5.53. The van der Waals surface area contributed by atoms with Gasteiger partial charge in [-0.2, -0.15) is 0 Å². The molecule has 1 aliphatic rings. The second-order valence-corrected chi connectivity index (χ2v) is 7.57. The van der Waals surface area contributed by atoms with Gasteiger partial charge in [-0.05, 0) is 57.2 Å². The summed E-state index contributed by atoms with van der Waals surface area (Å²) in [5, 5.41) is 3.08. The molecular formula is C22H25N3O5. The van der Waals surface area contributed by atoms with Crippen LogP contribution >= 0.6 is 0 Å². The lowest BCUT2D eigenvalue weighted by molar-refractivity contribution is 0.0939. The number of aromatic nitrogens is 2. The number of aromatic amines is 1. The van der Waals surface area contributed by atoms with Gasteiger partial charge >= 0.3 is 0 Å². The number of carbonyl (C=O) groups excluding carboxylic acids is 1. The van der Waals surface area contributed by atoms with Crippen molar-refractivity contribution < 1.29 is 18.7 Å². The van der Waals surface area contributed by atoms with Crippen molar-refractivity contribution in [3.8, 4) is 11.5 Å². The standard InChI is InChI=1S/C22H25N3O5/c1-12(14-8-9-16(17(10-14)28-3)30-15-6-4-5-7-15)25-21(27)18-13(2)29-22-19(18)20(26)23-11-24-22/h8-12,15H,4-7H2,1-3H3,(H,25,27)(H,23,24,26). The van der Waals surface area contributed by atoms with Crippen LogP contribution in [0.3, 0.4) is 0 Å². The van der Waals surface area contributed by atoms with E-state index in [1.54, 1.807) is 14.0 Å². The molecule has 3 aromatic rings. The Balaban J connectivity index is 1.55. The van der Waals surface area contributed by atoms with Crippen molar-refractivity contribution in [1.82, 2.24) is 15.3 Å². The zero-order chi connectivity index (χ0) is 21.3. The molecule has 0 saturated heterocycles. The van der Waals surface area contributed by atoms with Crippen molar-refractivity contribution in [1.29, 1.82) is 0 Å². The van der Waals surface area contributed by atoms with Gasteiger partial charge in [0.25, 0.3) is 11.5 Å². The topological polar surface area (TPSA) is 106 Å². The van der Waals surface area contributed by atoms with Gasteiger partial charge in [-0.15, -0.1) is 0 Å². The molecule has 1 atom stereocenters. The smallest absolute Gasteiger partial charge is 0.262 e. The fourth-order valence-corrected chi connectivity index (χ4v) is 3.92. The molecule has 30 heavy (non-hydrogen) atoms. The normalized spacial score (nSPS) is 15.3. The maximum Gasteiger partial charge on any atom is 0.262 e. The van der Waals surface area contributed by atoms with Gasteiger partial charge in [0, 0.05) is 0 Å².